The summed E-state index contributed by atoms with van der Waals surface area (Å²) < 4.78 is 25.7. The molecule has 8 nitrogen and oxygen atoms in total. The van der Waals surface area contributed by atoms with Gasteiger partial charge in [0.2, 0.25) is 15.9 Å². The molecule has 2 rings (SSSR count). The summed E-state index contributed by atoms with van der Waals surface area (Å²) >= 11 is 0. The second kappa shape index (κ2) is 7.00. The molecule has 0 saturated heterocycles. The van der Waals surface area contributed by atoms with Crippen LogP contribution in [0.4, 0.5) is 11.4 Å². The van der Waals surface area contributed by atoms with E-state index in [0.29, 0.717) is 23.4 Å². The Morgan fingerprint density at radius 1 is 1.33 bits per heavy atom. The summed E-state index contributed by atoms with van der Waals surface area (Å²) in [6, 6.07) is 4.87. The molecule has 0 fully saturated rings. The van der Waals surface area contributed by atoms with Crippen LogP contribution in [0, 0.1) is 6.92 Å². The van der Waals surface area contributed by atoms with Gasteiger partial charge in [0.15, 0.2) is 0 Å². The number of rotatable bonds is 5. The highest BCUT2D eigenvalue weighted by Crippen LogP contribution is 2.21. The van der Waals surface area contributed by atoms with Crippen molar-refractivity contribution >= 4 is 38.9 Å². The molecule has 0 aromatic heterocycles. The van der Waals surface area contributed by atoms with E-state index in [4.69, 9.17) is 0 Å². The molecule has 1 aliphatic rings. The number of hydrogen-bond donors (Lipinski definition) is 2. The van der Waals surface area contributed by atoms with E-state index >= 15 is 0 Å². The average Bonchev–Trinajstić information content (AvgIpc) is 2.52. The molecular weight excluding hydrogens is 332 g/mol. The van der Waals surface area contributed by atoms with Crippen LogP contribution in [-0.2, 0) is 19.6 Å². The third kappa shape index (κ3) is 4.31. The van der Waals surface area contributed by atoms with Crippen molar-refractivity contribution in [3.63, 3.8) is 0 Å². The van der Waals surface area contributed by atoms with E-state index in [1.807, 2.05) is 0 Å². The topological polar surface area (TPSA) is 108 Å². The summed E-state index contributed by atoms with van der Waals surface area (Å²) in [5.41, 5.74) is 1.96. The lowest BCUT2D eigenvalue weighted by Gasteiger charge is -2.19. The van der Waals surface area contributed by atoms with Gasteiger partial charge in [0.25, 0.3) is 5.91 Å². The lowest BCUT2D eigenvalue weighted by Crippen LogP contribution is -2.34. The van der Waals surface area contributed by atoms with E-state index < -0.39 is 10.0 Å². The lowest BCUT2D eigenvalue weighted by atomic mass is 10.1. The van der Waals surface area contributed by atoms with Crippen molar-refractivity contribution in [1.29, 1.82) is 0 Å². The highest BCUT2D eigenvalue weighted by molar-refractivity contribution is 7.92. The van der Waals surface area contributed by atoms with Crippen LogP contribution in [0.15, 0.2) is 23.3 Å². The van der Waals surface area contributed by atoms with Gasteiger partial charge < -0.3 is 5.32 Å². The largest absolute Gasteiger partial charge is 0.321 e. The molecule has 9 heteroatoms. The molecule has 0 spiro atoms. The maximum atomic E-state index is 12.2. The number of benzene rings is 1. The average molecular weight is 352 g/mol. The lowest BCUT2D eigenvalue weighted by molar-refractivity contribution is -0.130. The van der Waals surface area contributed by atoms with E-state index in [2.05, 4.69) is 15.1 Å². The Hall–Kier alpha value is -2.42. The molecule has 1 aromatic carbocycles. The summed E-state index contributed by atoms with van der Waals surface area (Å²) in [4.78, 5) is 23.6. The Morgan fingerprint density at radius 2 is 2.04 bits per heavy atom. The maximum absolute atomic E-state index is 12.2. The quantitative estimate of drug-likeness (QED) is 0.832. The first-order valence-corrected chi connectivity index (χ1v) is 9.13. The van der Waals surface area contributed by atoms with Crippen LogP contribution in [-0.4, -0.2) is 43.8 Å². The molecule has 0 bridgehead atoms. The normalized spacial score (nSPS) is 15.0. The third-order valence-corrected chi connectivity index (χ3v) is 4.89. The molecule has 0 atom stereocenters. The van der Waals surface area contributed by atoms with Gasteiger partial charge in [-0.1, -0.05) is 0 Å². The van der Waals surface area contributed by atoms with Crippen LogP contribution in [0.25, 0.3) is 0 Å². The molecule has 0 radical (unpaired) electrons. The molecule has 2 N–H and O–H groups in total. The SMILES string of the molecule is CCS(=O)(=O)Nc1ccc(NC(=O)C2=NN(C)C(=O)CC2)cc1C. The van der Waals surface area contributed by atoms with Crippen molar-refractivity contribution in [3.8, 4) is 0 Å². The van der Waals surface area contributed by atoms with E-state index in [1.54, 1.807) is 32.0 Å². The van der Waals surface area contributed by atoms with Gasteiger partial charge in [0.05, 0.1) is 11.4 Å². The molecule has 24 heavy (non-hydrogen) atoms. The second-order valence-corrected chi connectivity index (χ2v) is 7.46. The molecule has 130 valence electrons. The molecular formula is C15H20N4O4S. The van der Waals surface area contributed by atoms with Gasteiger partial charge in [-0.3, -0.25) is 14.3 Å². The number of hydrogen-bond acceptors (Lipinski definition) is 5. The van der Waals surface area contributed by atoms with Crippen molar-refractivity contribution in [2.24, 2.45) is 5.10 Å². The number of hydrazone groups is 1. The highest BCUT2D eigenvalue weighted by Gasteiger charge is 2.22. The first-order chi connectivity index (χ1) is 11.2. The molecule has 0 unspecified atom stereocenters. The number of aryl methyl sites for hydroxylation is 1. The Morgan fingerprint density at radius 3 is 2.62 bits per heavy atom. The molecule has 0 aliphatic carbocycles. The zero-order valence-corrected chi connectivity index (χ0v) is 14.6. The zero-order chi connectivity index (χ0) is 17.9. The van der Waals surface area contributed by atoms with Gasteiger partial charge in [0.1, 0.15) is 5.71 Å². The van der Waals surface area contributed by atoms with Gasteiger partial charge in [0, 0.05) is 25.6 Å². The summed E-state index contributed by atoms with van der Waals surface area (Å²) in [6.07, 6.45) is 0.544. The van der Waals surface area contributed by atoms with Crippen LogP contribution in [0.5, 0.6) is 0 Å². The fourth-order valence-corrected chi connectivity index (χ4v) is 2.84. The minimum atomic E-state index is -3.35. The number of nitrogens with one attached hydrogen (secondary N) is 2. The van der Waals surface area contributed by atoms with E-state index in [9.17, 15) is 18.0 Å². The van der Waals surface area contributed by atoms with Crippen molar-refractivity contribution in [2.75, 3.05) is 22.8 Å². The predicted octanol–water partition coefficient (Wildman–Crippen LogP) is 1.30. The van der Waals surface area contributed by atoms with Crippen molar-refractivity contribution < 1.29 is 18.0 Å². The first kappa shape index (κ1) is 17.9. The van der Waals surface area contributed by atoms with Gasteiger partial charge in [-0.05, 0) is 37.6 Å². The van der Waals surface area contributed by atoms with Crippen LogP contribution in [0.1, 0.15) is 25.3 Å². The summed E-state index contributed by atoms with van der Waals surface area (Å²) in [5.74, 6) is -0.526. The van der Waals surface area contributed by atoms with Crippen LogP contribution >= 0.6 is 0 Å². The van der Waals surface area contributed by atoms with Crippen LogP contribution < -0.4 is 10.0 Å². The van der Waals surface area contributed by atoms with Gasteiger partial charge in [-0.25, -0.2) is 13.4 Å². The summed E-state index contributed by atoms with van der Waals surface area (Å²) in [7, 11) is -1.85. The van der Waals surface area contributed by atoms with E-state index in [-0.39, 0.29) is 29.7 Å². The molecule has 1 aliphatic heterocycles. The molecule has 1 aromatic rings. The smallest absolute Gasteiger partial charge is 0.271 e. The standard InChI is InChI=1S/C15H20N4O4S/c1-4-24(22,23)18-12-6-5-11(9-10(12)2)16-15(21)13-7-8-14(20)19(3)17-13/h5-6,9,18H,4,7-8H2,1-3H3,(H,16,21). The molecule has 2 amide bonds. The number of nitrogens with zero attached hydrogens (tertiary/aromatic N) is 2. The predicted molar refractivity (Wildman–Crippen MR) is 92.3 cm³/mol. The Balaban J connectivity index is 2.11. The van der Waals surface area contributed by atoms with Crippen molar-refractivity contribution in [1.82, 2.24) is 5.01 Å². The Labute approximate surface area is 141 Å². The maximum Gasteiger partial charge on any atom is 0.271 e. The number of sulfonamides is 1. The van der Waals surface area contributed by atoms with Crippen LogP contribution in [0.2, 0.25) is 0 Å². The number of carbonyl (C=O) groups is 2. The molecule has 0 saturated carbocycles. The van der Waals surface area contributed by atoms with Crippen molar-refractivity contribution in [3.05, 3.63) is 23.8 Å². The number of anilines is 2. The van der Waals surface area contributed by atoms with E-state index in [0.717, 1.165) is 5.01 Å². The number of carbonyl (C=O) groups excluding carboxylic acids is 2. The molecule has 1 heterocycles. The summed E-state index contributed by atoms with van der Waals surface area (Å²) in [6.45, 7) is 3.30. The Kier molecular flexibility index (Phi) is 5.23. The third-order valence-electron chi connectivity index (χ3n) is 3.60. The summed E-state index contributed by atoms with van der Waals surface area (Å²) in [5, 5.41) is 7.82. The highest BCUT2D eigenvalue weighted by atomic mass is 32.2. The number of amides is 2. The minimum Gasteiger partial charge on any atom is -0.321 e. The van der Waals surface area contributed by atoms with Gasteiger partial charge in [-0.2, -0.15) is 5.10 Å². The zero-order valence-electron chi connectivity index (χ0n) is 13.8. The minimum absolute atomic E-state index is 0.0169. The monoisotopic (exact) mass is 352 g/mol. The van der Waals surface area contributed by atoms with Crippen molar-refractivity contribution in [2.45, 2.75) is 26.7 Å². The second-order valence-electron chi connectivity index (χ2n) is 5.45. The van der Waals surface area contributed by atoms with E-state index in [1.165, 1.54) is 7.05 Å². The first-order valence-electron chi connectivity index (χ1n) is 7.48. The van der Waals surface area contributed by atoms with Crippen LogP contribution in [0.3, 0.4) is 0 Å². The fourth-order valence-electron chi connectivity index (χ4n) is 2.13. The van der Waals surface area contributed by atoms with Gasteiger partial charge >= 0.3 is 0 Å². The Bertz CT molecular complexity index is 802. The fraction of sp³-hybridized carbons (Fsp3) is 0.400. The van der Waals surface area contributed by atoms with Gasteiger partial charge in [-0.15, -0.1) is 0 Å².